The molecule has 0 spiro atoms. The number of aryl methyl sites for hydroxylation is 1. The van der Waals surface area contributed by atoms with Crippen LogP contribution in [0.25, 0.3) is 0 Å². The van der Waals surface area contributed by atoms with Gasteiger partial charge in [0.15, 0.2) is 5.69 Å². The quantitative estimate of drug-likeness (QED) is 0.693. The molecule has 0 aliphatic heterocycles. The number of carbonyl (C=O) groups excluding carboxylic acids is 1. The third-order valence-corrected chi connectivity index (χ3v) is 3.19. The number of nitrogens with two attached hydrogens (primary N) is 1. The van der Waals surface area contributed by atoms with Crippen LogP contribution in [0, 0.1) is 19.8 Å². The smallest absolute Gasteiger partial charge is 0.272 e. The van der Waals surface area contributed by atoms with Crippen LogP contribution in [-0.2, 0) is 0 Å². The molecule has 5 nitrogen and oxygen atoms in total. The number of rotatable bonds is 4. The molecule has 1 atom stereocenters. The molecule has 1 heterocycles. The fourth-order valence-electron chi connectivity index (χ4n) is 1.69. The van der Waals surface area contributed by atoms with E-state index in [2.05, 4.69) is 15.5 Å². The molecule has 16 heavy (non-hydrogen) atoms. The van der Waals surface area contributed by atoms with Crippen LogP contribution in [0.5, 0.6) is 0 Å². The maximum Gasteiger partial charge on any atom is 0.272 e. The Morgan fingerprint density at radius 1 is 1.62 bits per heavy atom. The van der Waals surface area contributed by atoms with Crippen molar-refractivity contribution >= 4 is 5.91 Å². The van der Waals surface area contributed by atoms with E-state index < -0.39 is 0 Å². The molecule has 0 bridgehead atoms. The number of aromatic amines is 1. The predicted octanol–water partition coefficient (Wildman–Crippen LogP) is 0.494. The van der Waals surface area contributed by atoms with Crippen molar-refractivity contribution in [2.75, 3.05) is 6.54 Å². The Labute approximate surface area is 94.8 Å². The lowest BCUT2D eigenvalue weighted by Gasteiger charge is -2.10. The van der Waals surface area contributed by atoms with Gasteiger partial charge in [0.1, 0.15) is 0 Å². The number of amides is 1. The van der Waals surface area contributed by atoms with E-state index in [0.717, 1.165) is 11.3 Å². The Bertz CT molecular complexity index is 395. The molecule has 1 saturated carbocycles. The average molecular weight is 222 g/mol. The van der Waals surface area contributed by atoms with Crippen LogP contribution in [0.2, 0.25) is 0 Å². The molecule has 1 unspecified atom stereocenters. The molecule has 0 aromatic carbocycles. The standard InChI is InChI=1S/C11H18N4O/c1-6-7(2)14-15-10(6)11(16)13-5-9(12)8-3-4-8/h8-9H,3-5,12H2,1-2H3,(H,13,16)(H,14,15). The number of nitrogens with one attached hydrogen (secondary N) is 2. The fourth-order valence-corrected chi connectivity index (χ4v) is 1.69. The largest absolute Gasteiger partial charge is 0.349 e. The van der Waals surface area contributed by atoms with Gasteiger partial charge in [0.05, 0.1) is 0 Å². The van der Waals surface area contributed by atoms with Crippen LogP contribution >= 0.6 is 0 Å². The molecule has 0 radical (unpaired) electrons. The third kappa shape index (κ3) is 2.24. The van der Waals surface area contributed by atoms with E-state index >= 15 is 0 Å². The first-order valence-electron chi connectivity index (χ1n) is 5.65. The van der Waals surface area contributed by atoms with Crippen LogP contribution in [0.15, 0.2) is 0 Å². The normalized spacial score (nSPS) is 17.2. The number of hydrogen-bond acceptors (Lipinski definition) is 3. The molecule has 1 aromatic rings. The van der Waals surface area contributed by atoms with Crippen molar-refractivity contribution in [3.63, 3.8) is 0 Å². The number of carbonyl (C=O) groups is 1. The van der Waals surface area contributed by atoms with E-state index in [9.17, 15) is 4.79 Å². The van der Waals surface area contributed by atoms with Crippen molar-refractivity contribution in [2.45, 2.75) is 32.7 Å². The molecule has 1 aliphatic carbocycles. The van der Waals surface area contributed by atoms with Crippen LogP contribution in [0.1, 0.15) is 34.6 Å². The van der Waals surface area contributed by atoms with Gasteiger partial charge in [0, 0.05) is 23.8 Å². The summed E-state index contributed by atoms with van der Waals surface area (Å²) in [6.07, 6.45) is 2.38. The maximum atomic E-state index is 11.8. The number of hydrogen-bond donors (Lipinski definition) is 3. The van der Waals surface area contributed by atoms with E-state index in [-0.39, 0.29) is 11.9 Å². The minimum atomic E-state index is -0.141. The summed E-state index contributed by atoms with van der Waals surface area (Å²) in [6.45, 7) is 4.32. The van der Waals surface area contributed by atoms with Crippen LogP contribution < -0.4 is 11.1 Å². The summed E-state index contributed by atoms with van der Waals surface area (Å²) >= 11 is 0. The van der Waals surface area contributed by atoms with Gasteiger partial charge in [-0.3, -0.25) is 9.89 Å². The van der Waals surface area contributed by atoms with Crippen LogP contribution in [0.4, 0.5) is 0 Å². The fraction of sp³-hybridized carbons (Fsp3) is 0.636. The lowest BCUT2D eigenvalue weighted by atomic mass is 10.2. The summed E-state index contributed by atoms with van der Waals surface area (Å²) in [7, 11) is 0. The van der Waals surface area contributed by atoms with Crippen LogP contribution in [0.3, 0.4) is 0 Å². The number of H-pyrrole nitrogens is 1. The summed E-state index contributed by atoms with van der Waals surface area (Å²) < 4.78 is 0. The second kappa shape index (κ2) is 4.25. The first-order valence-corrected chi connectivity index (χ1v) is 5.65. The van der Waals surface area contributed by atoms with Crippen molar-refractivity contribution < 1.29 is 4.79 Å². The molecule has 5 heteroatoms. The highest BCUT2D eigenvalue weighted by Crippen LogP contribution is 2.31. The number of aromatic nitrogens is 2. The lowest BCUT2D eigenvalue weighted by molar-refractivity contribution is 0.0944. The maximum absolute atomic E-state index is 11.8. The van der Waals surface area contributed by atoms with Crippen molar-refractivity contribution in [3.8, 4) is 0 Å². The second-order valence-electron chi connectivity index (χ2n) is 4.53. The molecule has 1 aromatic heterocycles. The van der Waals surface area contributed by atoms with Crippen molar-refractivity contribution in [2.24, 2.45) is 11.7 Å². The highest BCUT2D eigenvalue weighted by atomic mass is 16.1. The van der Waals surface area contributed by atoms with E-state index in [4.69, 9.17) is 5.73 Å². The highest BCUT2D eigenvalue weighted by molar-refractivity contribution is 5.93. The van der Waals surface area contributed by atoms with Gasteiger partial charge >= 0.3 is 0 Å². The van der Waals surface area contributed by atoms with E-state index in [1.807, 2.05) is 13.8 Å². The molecule has 1 aliphatic rings. The minimum Gasteiger partial charge on any atom is -0.349 e. The SMILES string of the molecule is Cc1[nH]nc(C(=O)NCC(N)C2CC2)c1C. The summed E-state index contributed by atoms with van der Waals surface area (Å²) in [5, 5.41) is 9.60. The van der Waals surface area contributed by atoms with Gasteiger partial charge in [-0.15, -0.1) is 0 Å². The average Bonchev–Trinajstić information content (AvgIpc) is 3.04. The van der Waals surface area contributed by atoms with E-state index in [0.29, 0.717) is 18.2 Å². The zero-order chi connectivity index (χ0) is 11.7. The lowest BCUT2D eigenvalue weighted by Crippen LogP contribution is -2.38. The molecule has 4 N–H and O–H groups in total. The van der Waals surface area contributed by atoms with Gasteiger partial charge in [0.2, 0.25) is 0 Å². The van der Waals surface area contributed by atoms with Crippen molar-refractivity contribution in [1.82, 2.24) is 15.5 Å². The molecular formula is C11H18N4O. The zero-order valence-corrected chi connectivity index (χ0v) is 9.71. The number of nitrogens with zero attached hydrogens (tertiary/aromatic N) is 1. The molecule has 0 saturated heterocycles. The van der Waals surface area contributed by atoms with Gasteiger partial charge in [-0.25, -0.2) is 0 Å². The molecular weight excluding hydrogens is 204 g/mol. The summed E-state index contributed by atoms with van der Waals surface area (Å²) in [5.41, 5.74) is 8.21. The van der Waals surface area contributed by atoms with Gasteiger partial charge in [-0.2, -0.15) is 5.10 Å². The van der Waals surface area contributed by atoms with Crippen LogP contribution in [-0.4, -0.2) is 28.7 Å². The highest BCUT2D eigenvalue weighted by Gasteiger charge is 2.28. The van der Waals surface area contributed by atoms with E-state index in [1.54, 1.807) is 0 Å². The van der Waals surface area contributed by atoms with Crippen molar-refractivity contribution in [3.05, 3.63) is 17.0 Å². The molecule has 88 valence electrons. The first-order chi connectivity index (χ1) is 7.59. The Morgan fingerprint density at radius 3 is 2.81 bits per heavy atom. The molecule has 1 amide bonds. The molecule has 2 rings (SSSR count). The van der Waals surface area contributed by atoms with Gasteiger partial charge in [-0.05, 0) is 32.6 Å². The first kappa shape index (κ1) is 11.1. The Kier molecular flexibility index (Phi) is 2.96. The molecule has 1 fully saturated rings. The minimum absolute atomic E-state index is 0.0873. The Morgan fingerprint density at radius 2 is 2.31 bits per heavy atom. The summed E-state index contributed by atoms with van der Waals surface area (Å²) in [5.74, 6) is 0.459. The Hall–Kier alpha value is -1.36. The van der Waals surface area contributed by atoms with Crippen molar-refractivity contribution in [1.29, 1.82) is 0 Å². The Balaban J connectivity index is 1.90. The van der Waals surface area contributed by atoms with Gasteiger partial charge in [0.25, 0.3) is 5.91 Å². The third-order valence-electron chi connectivity index (χ3n) is 3.19. The zero-order valence-electron chi connectivity index (χ0n) is 9.71. The predicted molar refractivity (Wildman–Crippen MR) is 61.1 cm³/mol. The van der Waals surface area contributed by atoms with E-state index in [1.165, 1.54) is 12.8 Å². The second-order valence-corrected chi connectivity index (χ2v) is 4.53. The van der Waals surface area contributed by atoms with Gasteiger partial charge in [-0.1, -0.05) is 0 Å². The van der Waals surface area contributed by atoms with Gasteiger partial charge < -0.3 is 11.1 Å². The summed E-state index contributed by atoms with van der Waals surface area (Å²) in [4.78, 5) is 11.8. The topological polar surface area (TPSA) is 83.8 Å². The summed E-state index contributed by atoms with van der Waals surface area (Å²) in [6, 6.07) is 0.0873. The monoisotopic (exact) mass is 222 g/mol.